The normalized spacial score (nSPS) is 25.9. The molecule has 0 saturated heterocycles. The summed E-state index contributed by atoms with van der Waals surface area (Å²) in [6.07, 6.45) is 6.74. The minimum atomic E-state index is 0.677. The molecule has 1 aliphatic rings. The van der Waals surface area contributed by atoms with Gasteiger partial charge in [-0.2, -0.15) is 0 Å². The lowest BCUT2D eigenvalue weighted by atomic mass is 9.84. The van der Waals surface area contributed by atoms with E-state index >= 15 is 0 Å². The van der Waals surface area contributed by atoms with Crippen molar-refractivity contribution in [2.24, 2.45) is 5.92 Å². The van der Waals surface area contributed by atoms with Gasteiger partial charge in [0.25, 0.3) is 0 Å². The number of hydrogen-bond acceptors (Lipinski definition) is 3. The van der Waals surface area contributed by atoms with Crippen LogP contribution in [0.3, 0.4) is 0 Å². The summed E-state index contributed by atoms with van der Waals surface area (Å²) >= 11 is 0. The van der Waals surface area contributed by atoms with Crippen molar-refractivity contribution < 1.29 is 4.52 Å². The van der Waals surface area contributed by atoms with Crippen LogP contribution in [0.2, 0.25) is 0 Å². The minimum Gasteiger partial charge on any atom is -0.361 e. The molecule has 0 aliphatic heterocycles. The van der Waals surface area contributed by atoms with Gasteiger partial charge in [0.2, 0.25) is 0 Å². The molecule has 0 spiro atoms. The molecule has 1 heterocycles. The topological polar surface area (TPSA) is 38.1 Å². The zero-order valence-corrected chi connectivity index (χ0v) is 10.3. The van der Waals surface area contributed by atoms with Crippen molar-refractivity contribution in [3.05, 3.63) is 17.5 Å². The first-order chi connectivity index (χ1) is 7.78. The molecule has 2 rings (SSSR count). The molecule has 0 aromatic carbocycles. The lowest BCUT2D eigenvalue weighted by molar-refractivity contribution is 0.276. The summed E-state index contributed by atoms with van der Waals surface area (Å²) in [7, 11) is 0. The molecule has 1 saturated carbocycles. The molecule has 1 aromatic heterocycles. The van der Waals surface area contributed by atoms with E-state index < -0.39 is 0 Å². The van der Waals surface area contributed by atoms with E-state index in [9.17, 15) is 0 Å². The largest absolute Gasteiger partial charge is 0.361 e. The number of rotatable bonds is 4. The zero-order chi connectivity index (χ0) is 11.4. The number of aromatic nitrogens is 1. The predicted molar refractivity (Wildman–Crippen MR) is 64.1 cm³/mol. The third kappa shape index (κ3) is 3.08. The molecule has 1 N–H and O–H groups in total. The Balaban J connectivity index is 1.77. The molecule has 3 heteroatoms. The smallest absolute Gasteiger partial charge is 0.133 e. The number of nitrogens with one attached hydrogen (secondary N) is 1. The molecule has 1 aliphatic carbocycles. The predicted octanol–water partition coefficient (Wildman–Crippen LogP) is 3.04. The molecule has 3 nitrogen and oxygen atoms in total. The van der Waals surface area contributed by atoms with Crippen LogP contribution in [0, 0.1) is 12.8 Å². The Bertz CT molecular complexity index is 321. The van der Waals surface area contributed by atoms with Gasteiger partial charge in [0.15, 0.2) is 0 Å². The highest BCUT2D eigenvalue weighted by molar-refractivity contribution is 5.03. The summed E-state index contributed by atoms with van der Waals surface area (Å²) in [4.78, 5) is 0. The van der Waals surface area contributed by atoms with Crippen LogP contribution >= 0.6 is 0 Å². The Labute approximate surface area is 97.6 Å². The maximum atomic E-state index is 5.06. The van der Waals surface area contributed by atoms with Crippen molar-refractivity contribution in [2.45, 2.75) is 58.5 Å². The molecule has 2 atom stereocenters. The van der Waals surface area contributed by atoms with Gasteiger partial charge in [0.05, 0.1) is 5.69 Å². The van der Waals surface area contributed by atoms with Crippen LogP contribution in [-0.4, -0.2) is 11.2 Å². The molecule has 16 heavy (non-hydrogen) atoms. The first-order valence-electron chi connectivity index (χ1n) is 6.43. The van der Waals surface area contributed by atoms with E-state index in [2.05, 4.69) is 17.4 Å². The van der Waals surface area contributed by atoms with Gasteiger partial charge in [-0.1, -0.05) is 31.3 Å². The molecule has 0 amide bonds. The van der Waals surface area contributed by atoms with Crippen molar-refractivity contribution >= 4 is 0 Å². The fourth-order valence-electron chi connectivity index (χ4n) is 2.60. The molecule has 1 aromatic rings. The third-order valence-electron chi connectivity index (χ3n) is 3.61. The highest BCUT2D eigenvalue weighted by Crippen LogP contribution is 2.26. The Morgan fingerprint density at radius 3 is 3.06 bits per heavy atom. The minimum absolute atomic E-state index is 0.677. The Morgan fingerprint density at radius 1 is 1.50 bits per heavy atom. The third-order valence-corrected chi connectivity index (χ3v) is 3.61. The van der Waals surface area contributed by atoms with E-state index in [1.807, 2.05) is 13.0 Å². The molecule has 0 bridgehead atoms. The van der Waals surface area contributed by atoms with E-state index in [1.165, 1.54) is 32.1 Å². The van der Waals surface area contributed by atoms with Crippen LogP contribution in [0.5, 0.6) is 0 Å². The van der Waals surface area contributed by atoms with Gasteiger partial charge in [0.1, 0.15) is 5.76 Å². The van der Waals surface area contributed by atoms with E-state index in [0.29, 0.717) is 6.04 Å². The van der Waals surface area contributed by atoms with E-state index in [0.717, 1.165) is 23.9 Å². The van der Waals surface area contributed by atoms with Crippen molar-refractivity contribution in [1.29, 1.82) is 0 Å². The summed E-state index contributed by atoms with van der Waals surface area (Å²) in [5.41, 5.74) is 1.02. The highest BCUT2D eigenvalue weighted by Gasteiger charge is 2.20. The summed E-state index contributed by atoms with van der Waals surface area (Å²) in [6, 6.07) is 2.68. The van der Waals surface area contributed by atoms with Crippen molar-refractivity contribution in [3.63, 3.8) is 0 Å². The van der Waals surface area contributed by atoms with Gasteiger partial charge < -0.3 is 9.84 Å². The van der Waals surface area contributed by atoms with Gasteiger partial charge >= 0.3 is 0 Å². The second-order valence-electron chi connectivity index (χ2n) is 4.95. The first-order valence-corrected chi connectivity index (χ1v) is 6.43. The quantitative estimate of drug-likeness (QED) is 0.851. The SMILES string of the molecule is CCC1CCCC(NCc2cc(C)on2)C1. The first kappa shape index (κ1) is 11.6. The van der Waals surface area contributed by atoms with E-state index in [-0.39, 0.29) is 0 Å². The van der Waals surface area contributed by atoms with Crippen molar-refractivity contribution in [3.8, 4) is 0 Å². The number of hydrogen-bond donors (Lipinski definition) is 1. The molecular weight excluding hydrogens is 200 g/mol. The maximum Gasteiger partial charge on any atom is 0.133 e. The van der Waals surface area contributed by atoms with Crippen LogP contribution in [0.25, 0.3) is 0 Å². The molecule has 90 valence electrons. The fraction of sp³-hybridized carbons (Fsp3) is 0.769. The second-order valence-corrected chi connectivity index (χ2v) is 4.95. The lowest BCUT2D eigenvalue weighted by Gasteiger charge is -2.28. The second kappa shape index (κ2) is 5.48. The Hall–Kier alpha value is -0.830. The van der Waals surface area contributed by atoms with Crippen molar-refractivity contribution in [2.75, 3.05) is 0 Å². The lowest BCUT2D eigenvalue weighted by Crippen LogP contribution is -2.33. The summed E-state index contributed by atoms with van der Waals surface area (Å²) in [6.45, 7) is 5.08. The molecule has 1 fully saturated rings. The van der Waals surface area contributed by atoms with Gasteiger partial charge in [0, 0.05) is 18.7 Å². The van der Waals surface area contributed by atoms with Gasteiger partial charge in [-0.25, -0.2) is 0 Å². The van der Waals surface area contributed by atoms with Crippen molar-refractivity contribution in [1.82, 2.24) is 10.5 Å². The van der Waals surface area contributed by atoms with Crippen LogP contribution in [0.4, 0.5) is 0 Å². The van der Waals surface area contributed by atoms with Crippen LogP contribution < -0.4 is 5.32 Å². The Morgan fingerprint density at radius 2 is 2.38 bits per heavy atom. The van der Waals surface area contributed by atoms with Crippen LogP contribution in [-0.2, 0) is 6.54 Å². The number of nitrogens with zero attached hydrogens (tertiary/aromatic N) is 1. The van der Waals surface area contributed by atoms with Gasteiger partial charge in [-0.3, -0.25) is 0 Å². The average Bonchev–Trinajstić information content (AvgIpc) is 2.73. The average molecular weight is 222 g/mol. The Kier molecular flexibility index (Phi) is 3.99. The van der Waals surface area contributed by atoms with Crippen LogP contribution in [0.15, 0.2) is 10.6 Å². The summed E-state index contributed by atoms with van der Waals surface area (Å²) in [5, 5.41) is 7.59. The van der Waals surface area contributed by atoms with Gasteiger partial charge in [-0.15, -0.1) is 0 Å². The summed E-state index contributed by atoms with van der Waals surface area (Å²) in [5.74, 6) is 1.82. The summed E-state index contributed by atoms with van der Waals surface area (Å²) < 4.78 is 5.06. The highest BCUT2D eigenvalue weighted by atomic mass is 16.5. The molecule has 0 radical (unpaired) electrons. The van der Waals surface area contributed by atoms with E-state index in [4.69, 9.17) is 4.52 Å². The molecular formula is C13H22N2O. The van der Waals surface area contributed by atoms with E-state index in [1.54, 1.807) is 0 Å². The zero-order valence-electron chi connectivity index (χ0n) is 10.3. The van der Waals surface area contributed by atoms with Crippen LogP contribution in [0.1, 0.15) is 50.5 Å². The maximum absolute atomic E-state index is 5.06. The molecule has 2 unspecified atom stereocenters. The van der Waals surface area contributed by atoms with Gasteiger partial charge in [-0.05, 0) is 25.7 Å². The standard InChI is InChI=1S/C13H22N2O/c1-3-11-5-4-6-12(8-11)14-9-13-7-10(2)16-15-13/h7,11-12,14H,3-6,8-9H2,1-2H3. The number of aryl methyl sites for hydroxylation is 1. The monoisotopic (exact) mass is 222 g/mol. The fourth-order valence-corrected chi connectivity index (χ4v) is 2.60.